The molecule has 2 aromatic rings. The fourth-order valence-corrected chi connectivity index (χ4v) is 5.39. The number of thiophene rings is 1. The van der Waals surface area contributed by atoms with E-state index in [1.807, 2.05) is 38.1 Å². The number of nitrogens with one attached hydrogen (secondary N) is 1. The Balaban J connectivity index is 1.92. The van der Waals surface area contributed by atoms with Gasteiger partial charge in [-0.25, -0.2) is 13.1 Å². The van der Waals surface area contributed by atoms with E-state index in [1.54, 1.807) is 6.07 Å². The molecule has 0 amide bonds. The lowest BCUT2D eigenvalue weighted by molar-refractivity contribution is 0.263. The predicted octanol–water partition coefficient (Wildman–Crippen LogP) is 3.17. The van der Waals surface area contributed by atoms with E-state index >= 15 is 0 Å². The van der Waals surface area contributed by atoms with Crippen LogP contribution in [0.5, 0.6) is 5.75 Å². The van der Waals surface area contributed by atoms with Crippen molar-refractivity contribution in [3.05, 3.63) is 45.6 Å². The number of sulfonamides is 1. The topological polar surface area (TPSA) is 55.4 Å². The van der Waals surface area contributed by atoms with Gasteiger partial charge in [0.15, 0.2) is 0 Å². The Morgan fingerprint density at radius 3 is 2.76 bits per heavy atom. The SMILES string of the molecule is Cc1cc(S(=O)(=O)NC2CCOc3ccccc32)c(C)s1. The molecular formula is C15H17NO3S2. The fraction of sp³-hybridized carbons (Fsp3) is 0.333. The average Bonchev–Trinajstić information content (AvgIpc) is 2.79. The monoisotopic (exact) mass is 323 g/mol. The standard InChI is InChI=1S/C15H17NO3S2/c1-10-9-15(11(2)20-10)21(17,18)16-13-7-8-19-14-6-4-3-5-12(13)14/h3-6,9,13,16H,7-8H2,1-2H3. The van der Waals surface area contributed by atoms with Crippen LogP contribution in [0.2, 0.25) is 0 Å². The molecule has 2 heterocycles. The van der Waals surface area contributed by atoms with Gasteiger partial charge < -0.3 is 4.74 Å². The molecule has 0 spiro atoms. The summed E-state index contributed by atoms with van der Waals surface area (Å²) in [6.07, 6.45) is 0.637. The van der Waals surface area contributed by atoms with Gasteiger partial charge >= 0.3 is 0 Å². The molecule has 1 unspecified atom stereocenters. The Kier molecular flexibility index (Phi) is 3.77. The predicted molar refractivity (Wildman–Crippen MR) is 83.4 cm³/mol. The first-order valence-electron chi connectivity index (χ1n) is 6.78. The highest BCUT2D eigenvalue weighted by molar-refractivity contribution is 7.89. The molecule has 0 aliphatic carbocycles. The average molecular weight is 323 g/mol. The molecule has 1 aliphatic rings. The molecule has 1 aromatic carbocycles. The zero-order valence-corrected chi connectivity index (χ0v) is 13.6. The minimum Gasteiger partial charge on any atom is -0.493 e. The van der Waals surface area contributed by atoms with Gasteiger partial charge in [-0.05, 0) is 26.0 Å². The van der Waals surface area contributed by atoms with Crippen molar-refractivity contribution in [2.45, 2.75) is 31.2 Å². The van der Waals surface area contributed by atoms with E-state index in [0.717, 1.165) is 21.1 Å². The third kappa shape index (κ3) is 2.84. The van der Waals surface area contributed by atoms with Crippen LogP contribution in [0, 0.1) is 13.8 Å². The highest BCUT2D eigenvalue weighted by atomic mass is 32.2. The molecule has 0 bridgehead atoms. The summed E-state index contributed by atoms with van der Waals surface area (Å²) in [7, 11) is -3.51. The second-order valence-electron chi connectivity index (χ2n) is 5.13. The molecule has 0 saturated heterocycles. The number of benzene rings is 1. The summed E-state index contributed by atoms with van der Waals surface area (Å²) in [4.78, 5) is 2.20. The Labute approximate surface area is 128 Å². The van der Waals surface area contributed by atoms with Gasteiger partial charge in [-0.15, -0.1) is 11.3 Å². The molecule has 112 valence electrons. The second-order valence-corrected chi connectivity index (χ2v) is 8.27. The minimum atomic E-state index is -3.51. The maximum Gasteiger partial charge on any atom is 0.242 e. The third-order valence-corrected chi connectivity index (χ3v) is 6.23. The second kappa shape index (κ2) is 5.44. The summed E-state index contributed by atoms with van der Waals surface area (Å²) < 4.78 is 33.6. The molecule has 0 saturated carbocycles. The normalized spacial score (nSPS) is 18.1. The van der Waals surface area contributed by atoms with Crippen molar-refractivity contribution in [2.24, 2.45) is 0 Å². The van der Waals surface area contributed by atoms with Crippen LogP contribution in [-0.4, -0.2) is 15.0 Å². The van der Waals surface area contributed by atoms with Crippen molar-refractivity contribution in [3.63, 3.8) is 0 Å². The molecule has 0 radical (unpaired) electrons. The van der Waals surface area contributed by atoms with Gasteiger partial charge in [0.25, 0.3) is 0 Å². The maximum absolute atomic E-state index is 12.6. The van der Waals surface area contributed by atoms with E-state index in [2.05, 4.69) is 4.72 Å². The van der Waals surface area contributed by atoms with Crippen molar-refractivity contribution >= 4 is 21.4 Å². The highest BCUT2D eigenvalue weighted by Crippen LogP contribution is 2.33. The molecule has 6 heteroatoms. The summed E-state index contributed by atoms with van der Waals surface area (Å²) in [5, 5.41) is 0. The van der Waals surface area contributed by atoms with E-state index < -0.39 is 10.0 Å². The molecule has 1 atom stereocenters. The lowest BCUT2D eigenvalue weighted by atomic mass is 10.0. The first-order chi connectivity index (χ1) is 9.97. The van der Waals surface area contributed by atoms with Crippen LogP contribution in [0.15, 0.2) is 35.2 Å². The third-order valence-electron chi connectivity index (χ3n) is 3.54. The first kappa shape index (κ1) is 14.6. The van der Waals surface area contributed by atoms with E-state index in [4.69, 9.17) is 4.74 Å². The van der Waals surface area contributed by atoms with Gasteiger partial charge in [-0.2, -0.15) is 0 Å². The molecule has 21 heavy (non-hydrogen) atoms. The molecule has 4 nitrogen and oxygen atoms in total. The zero-order valence-electron chi connectivity index (χ0n) is 11.9. The van der Waals surface area contributed by atoms with Gasteiger partial charge in [-0.3, -0.25) is 0 Å². The van der Waals surface area contributed by atoms with E-state index in [0.29, 0.717) is 17.9 Å². The lowest BCUT2D eigenvalue weighted by Gasteiger charge is -2.26. The highest BCUT2D eigenvalue weighted by Gasteiger charge is 2.28. The van der Waals surface area contributed by atoms with Crippen LogP contribution in [0.3, 0.4) is 0 Å². The van der Waals surface area contributed by atoms with Crippen LogP contribution >= 0.6 is 11.3 Å². The van der Waals surface area contributed by atoms with Crippen molar-refractivity contribution in [1.82, 2.24) is 4.72 Å². The van der Waals surface area contributed by atoms with Crippen LogP contribution in [0.1, 0.15) is 27.8 Å². The molecular weight excluding hydrogens is 306 g/mol. The van der Waals surface area contributed by atoms with Gasteiger partial charge in [0.1, 0.15) is 5.75 Å². The summed E-state index contributed by atoms with van der Waals surface area (Å²) in [6.45, 7) is 4.27. The van der Waals surface area contributed by atoms with Gasteiger partial charge in [-0.1, -0.05) is 18.2 Å². The maximum atomic E-state index is 12.6. The number of fused-ring (bicyclic) bond motifs is 1. The zero-order chi connectivity index (χ0) is 15.0. The molecule has 3 rings (SSSR count). The first-order valence-corrected chi connectivity index (χ1v) is 9.08. The van der Waals surface area contributed by atoms with E-state index in [1.165, 1.54) is 11.3 Å². The van der Waals surface area contributed by atoms with Crippen LogP contribution in [0.4, 0.5) is 0 Å². The number of ether oxygens (including phenoxy) is 1. The number of aryl methyl sites for hydroxylation is 2. The number of hydrogen-bond acceptors (Lipinski definition) is 4. The quantitative estimate of drug-likeness (QED) is 0.944. The number of para-hydroxylation sites is 1. The summed E-state index contributed by atoms with van der Waals surface area (Å²) in [5.74, 6) is 0.759. The van der Waals surface area contributed by atoms with Crippen LogP contribution in [-0.2, 0) is 10.0 Å². The molecule has 1 N–H and O–H groups in total. The minimum absolute atomic E-state index is 0.237. The molecule has 1 aliphatic heterocycles. The van der Waals surface area contributed by atoms with Crippen molar-refractivity contribution < 1.29 is 13.2 Å². The lowest BCUT2D eigenvalue weighted by Crippen LogP contribution is -2.32. The fourth-order valence-electron chi connectivity index (χ4n) is 2.59. The number of hydrogen-bond donors (Lipinski definition) is 1. The van der Waals surface area contributed by atoms with Crippen LogP contribution in [0.25, 0.3) is 0 Å². The Hall–Kier alpha value is -1.37. The number of rotatable bonds is 3. The molecule has 0 fully saturated rings. The Morgan fingerprint density at radius 2 is 2.05 bits per heavy atom. The van der Waals surface area contributed by atoms with Crippen molar-refractivity contribution in [1.29, 1.82) is 0 Å². The summed E-state index contributed by atoms with van der Waals surface area (Å²) >= 11 is 1.50. The van der Waals surface area contributed by atoms with Crippen molar-refractivity contribution in [2.75, 3.05) is 6.61 Å². The Bertz CT molecular complexity index is 765. The van der Waals surface area contributed by atoms with E-state index in [-0.39, 0.29) is 6.04 Å². The van der Waals surface area contributed by atoms with Gasteiger partial charge in [0, 0.05) is 21.7 Å². The van der Waals surface area contributed by atoms with Crippen molar-refractivity contribution in [3.8, 4) is 5.75 Å². The van der Waals surface area contributed by atoms with Gasteiger partial charge in [0.05, 0.1) is 17.5 Å². The smallest absolute Gasteiger partial charge is 0.242 e. The Morgan fingerprint density at radius 1 is 1.29 bits per heavy atom. The van der Waals surface area contributed by atoms with Crippen LogP contribution < -0.4 is 9.46 Å². The largest absolute Gasteiger partial charge is 0.493 e. The van der Waals surface area contributed by atoms with Gasteiger partial charge in [0.2, 0.25) is 10.0 Å². The molecule has 1 aromatic heterocycles. The summed E-state index contributed by atoms with van der Waals surface area (Å²) in [6, 6.07) is 9.06. The summed E-state index contributed by atoms with van der Waals surface area (Å²) in [5.41, 5.74) is 0.900. The van der Waals surface area contributed by atoms with E-state index in [9.17, 15) is 8.42 Å².